The lowest BCUT2D eigenvalue weighted by Crippen LogP contribution is -2.24. The molecule has 4 nitrogen and oxygen atoms in total. The number of hydrogen-bond acceptors (Lipinski definition) is 4. The Morgan fingerprint density at radius 1 is 1.35 bits per heavy atom. The maximum absolute atomic E-state index is 5.29. The minimum atomic E-state index is 0.356. The molecule has 0 aliphatic carbocycles. The van der Waals surface area contributed by atoms with Crippen LogP contribution in [0.25, 0.3) is 0 Å². The number of halogens is 1. The summed E-state index contributed by atoms with van der Waals surface area (Å²) in [6, 6.07) is 6.75. The van der Waals surface area contributed by atoms with Crippen molar-refractivity contribution < 1.29 is 4.52 Å². The first kappa shape index (κ1) is 15.2. The van der Waals surface area contributed by atoms with E-state index in [1.54, 1.807) is 0 Å². The first-order chi connectivity index (χ1) is 9.58. The van der Waals surface area contributed by atoms with E-state index >= 15 is 0 Å². The fraction of sp³-hybridized carbons (Fsp3) is 0.467. The predicted molar refractivity (Wildman–Crippen MR) is 82.8 cm³/mol. The van der Waals surface area contributed by atoms with Gasteiger partial charge in [-0.15, -0.1) is 0 Å². The lowest BCUT2D eigenvalue weighted by atomic mass is 10.1. The van der Waals surface area contributed by atoms with Gasteiger partial charge in [0.05, 0.1) is 0 Å². The predicted octanol–water partition coefficient (Wildman–Crippen LogP) is 3.08. The molecule has 1 aromatic carbocycles. The van der Waals surface area contributed by atoms with E-state index in [-0.39, 0.29) is 0 Å². The Balaban J connectivity index is 1.92. The molecule has 0 spiro atoms. The van der Waals surface area contributed by atoms with Crippen molar-refractivity contribution in [1.29, 1.82) is 0 Å². The topological polar surface area (TPSA) is 51.0 Å². The third kappa shape index (κ3) is 4.15. The molecule has 0 aliphatic heterocycles. The number of nitrogens with one attached hydrogen (secondary N) is 1. The highest BCUT2D eigenvalue weighted by Crippen LogP contribution is 2.18. The Kier molecular flexibility index (Phi) is 5.31. The Bertz CT molecular complexity index is 568. The van der Waals surface area contributed by atoms with Gasteiger partial charge in [-0.05, 0) is 44.5 Å². The Morgan fingerprint density at radius 3 is 2.85 bits per heavy atom. The van der Waals surface area contributed by atoms with Gasteiger partial charge in [0.25, 0.3) is 0 Å². The maximum atomic E-state index is 5.29. The molecule has 0 amide bonds. The molecule has 1 N–H and O–H groups in total. The van der Waals surface area contributed by atoms with Gasteiger partial charge >= 0.3 is 0 Å². The van der Waals surface area contributed by atoms with Crippen molar-refractivity contribution in [3.8, 4) is 0 Å². The van der Waals surface area contributed by atoms with Crippen LogP contribution in [0, 0.1) is 6.92 Å². The number of nitrogens with zero attached hydrogens (tertiary/aromatic N) is 2. The second-order valence-electron chi connectivity index (χ2n) is 5.08. The highest BCUT2D eigenvalue weighted by Gasteiger charge is 2.09. The molecule has 2 aromatic rings. The van der Waals surface area contributed by atoms with E-state index in [4.69, 9.17) is 4.52 Å². The van der Waals surface area contributed by atoms with Crippen molar-refractivity contribution in [1.82, 2.24) is 15.5 Å². The van der Waals surface area contributed by atoms with Crippen molar-refractivity contribution in [2.45, 2.75) is 39.2 Å². The highest BCUT2D eigenvalue weighted by atomic mass is 79.9. The van der Waals surface area contributed by atoms with Gasteiger partial charge < -0.3 is 9.84 Å². The van der Waals surface area contributed by atoms with Gasteiger partial charge in [0.2, 0.25) is 5.89 Å². The van der Waals surface area contributed by atoms with Crippen LogP contribution in [0.4, 0.5) is 0 Å². The average Bonchev–Trinajstić information content (AvgIpc) is 2.87. The van der Waals surface area contributed by atoms with Crippen LogP contribution in [0.15, 0.2) is 27.2 Å². The normalized spacial score (nSPS) is 12.6. The van der Waals surface area contributed by atoms with Crippen LogP contribution >= 0.6 is 15.9 Å². The summed E-state index contributed by atoms with van der Waals surface area (Å²) in [4.78, 5) is 4.43. The van der Waals surface area contributed by atoms with Crippen LogP contribution in [-0.4, -0.2) is 23.2 Å². The Labute approximate surface area is 128 Å². The van der Waals surface area contributed by atoms with Crippen molar-refractivity contribution in [3.05, 3.63) is 45.5 Å². The molecule has 2 rings (SSSR count). The summed E-state index contributed by atoms with van der Waals surface area (Å²) < 4.78 is 6.43. The molecule has 0 saturated carbocycles. The molecule has 0 saturated heterocycles. The minimum absolute atomic E-state index is 0.356. The zero-order valence-electron chi connectivity index (χ0n) is 12.1. The molecule has 1 unspecified atom stereocenters. The molecule has 0 bridgehead atoms. The summed E-state index contributed by atoms with van der Waals surface area (Å²) >= 11 is 3.51. The number of aromatic nitrogens is 2. The standard InChI is InChI=1S/C15H20BrN3O/c1-10-8-12(4-6-13(10)16)5-7-15-18-14(19-20-15)9-11(2)17-3/h4,6,8,11,17H,5,7,9H2,1-3H3. The van der Waals surface area contributed by atoms with Crippen molar-refractivity contribution in [3.63, 3.8) is 0 Å². The monoisotopic (exact) mass is 337 g/mol. The number of aryl methyl sites for hydroxylation is 3. The minimum Gasteiger partial charge on any atom is -0.339 e. The molecule has 0 fully saturated rings. The lowest BCUT2D eigenvalue weighted by molar-refractivity contribution is 0.371. The summed E-state index contributed by atoms with van der Waals surface area (Å²) in [7, 11) is 1.93. The van der Waals surface area contributed by atoms with Crippen LogP contribution in [0.1, 0.15) is 29.8 Å². The summed E-state index contributed by atoms with van der Waals surface area (Å²) in [5.74, 6) is 1.48. The zero-order valence-corrected chi connectivity index (χ0v) is 13.7. The van der Waals surface area contributed by atoms with Gasteiger partial charge in [0, 0.05) is 23.4 Å². The van der Waals surface area contributed by atoms with Gasteiger partial charge in [-0.3, -0.25) is 0 Å². The van der Waals surface area contributed by atoms with Crippen LogP contribution in [0.2, 0.25) is 0 Å². The largest absolute Gasteiger partial charge is 0.339 e. The van der Waals surface area contributed by atoms with E-state index < -0.39 is 0 Å². The van der Waals surface area contributed by atoms with Crippen molar-refractivity contribution >= 4 is 15.9 Å². The van der Waals surface area contributed by atoms with Crippen LogP contribution in [0.3, 0.4) is 0 Å². The molecule has 0 aliphatic rings. The van der Waals surface area contributed by atoms with Gasteiger partial charge in [-0.1, -0.05) is 33.2 Å². The molecule has 1 aromatic heterocycles. The molecule has 1 heterocycles. The first-order valence-electron chi connectivity index (χ1n) is 6.82. The van der Waals surface area contributed by atoms with E-state index in [2.05, 4.69) is 63.4 Å². The number of likely N-dealkylation sites (N-methyl/N-ethyl adjacent to an activating group) is 1. The number of rotatable bonds is 6. The van der Waals surface area contributed by atoms with Crippen molar-refractivity contribution in [2.24, 2.45) is 0 Å². The van der Waals surface area contributed by atoms with Crippen molar-refractivity contribution in [2.75, 3.05) is 7.05 Å². The highest BCUT2D eigenvalue weighted by molar-refractivity contribution is 9.10. The van der Waals surface area contributed by atoms with E-state index in [0.717, 1.165) is 29.6 Å². The molecule has 1 atom stereocenters. The van der Waals surface area contributed by atoms with Crippen LogP contribution < -0.4 is 5.32 Å². The van der Waals surface area contributed by atoms with Gasteiger partial charge in [0.15, 0.2) is 5.82 Å². The van der Waals surface area contributed by atoms with E-state index in [9.17, 15) is 0 Å². The van der Waals surface area contributed by atoms with Crippen LogP contribution in [0.5, 0.6) is 0 Å². The molecule has 20 heavy (non-hydrogen) atoms. The third-order valence-corrected chi connectivity index (χ3v) is 4.23. The lowest BCUT2D eigenvalue weighted by Gasteiger charge is -2.04. The average molecular weight is 338 g/mol. The fourth-order valence-electron chi connectivity index (χ4n) is 1.96. The Morgan fingerprint density at radius 2 is 2.15 bits per heavy atom. The summed E-state index contributed by atoms with van der Waals surface area (Å²) in [5.41, 5.74) is 2.53. The van der Waals surface area contributed by atoms with E-state index in [0.29, 0.717) is 11.9 Å². The first-order valence-corrected chi connectivity index (χ1v) is 7.61. The smallest absolute Gasteiger partial charge is 0.226 e. The zero-order chi connectivity index (χ0) is 14.5. The van der Waals surface area contributed by atoms with E-state index in [1.807, 2.05) is 7.05 Å². The quantitative estimate of drug-likeness (QED) is 0.879. The number of hydrogen-bond donors (Lipinski definition) is 1. The van der Waals surface area contributed by atoms with Crippen LogP contribution in [-0.2, 0) is 19.3 Å². The summed E-state index contributed by atoms with van der Waals surface area (Å²) in [5, 5.41) is 7.18. The van der Waals surface area contributed by atoms with E-state index in [1.165, 1.54) is 11.1 Å². The summed E-state index contributed by atoms with van der Waals surface area (Å²) in [6.45, 7) is 4.19. The maximum Gasteiger partial charge on any atom is 0.226 e. The van der Waals surface area contributed by atoms with Gasteiger partial charge in [-0.2, -0.15) is 4.98 Å². The molecular formula is C15H20BrN3O. The Hall–Kier alpha value is -1.20. The second-order valence-corrected chi connectivity index (χ2v) is 5.94. The molecule has 108 valence electrons. The SMILES string of the molecule is CNC(C)Cc1noc(CCc2ccc(Br)c(C)c2)n1. The molecule has 0 radical (unpaired) electrons. The third-order valence-electron chi connectivity index (χ3n) is 3.34. The van der Waals surface area contributed by atoms with Gasteiger partial charge in [0.1, 0.15) is 0 Å². The summed E-state index contributed by atoms with van der Waals surface area (Å²) in [6.07, 6.45) is 2.48. The fourth-order valence-corrected chi connectivity index (χ4v) is 2.21. The number of benzene rings is 1. The molecule has 5 heteroatoms. The van der Waals surface area contributed by atoms with Gasteiger partial charge in [-0.25, -0.2) is 0 Å². The molecular weight excluding hydrogens is 318 g/mol. The second kappa shape index (κ2) is 6.99.